The Morgan fingerprint density at radius 3 is 2.72 bits per heavy atom. The monoisotopic (exact) mass is 481 g/mol. The van der Waals surface area contributed by atoms with Crippen LogP contribution in [-0.4, -0.2) is 38.2 Å². The third-order valence-electron chi connectivity index (χ3n) is 5.55. The molecule has 8 N–H and O–H groups in total. The molecule has 2 aromatic carbocycles. The smallest absolute Gasteiger partial charge is 0.272 e. The molecule has 11 heteroatoms. The van der Waals surface area contributed by atoms with Gasteiger partial charge in [0, 0.05) is 46.1 Å². The Labute approximate surface area is 205 Å². The number of methoxy groups -OCH3 is 1. The van der Waals surface area contributed by atoms with Crippen LogP contribution in [0.5, 0.6) is 0 Å². The zero-order valence-corrected chi connectivity index (χ0v) is 19.2. The standard InChI is InChI=1S/C25H23N9O2/c1-36-22(12-27)21(11-26)32-25(35)20-9-14-2-3-15(10-19(14)31-20)24-28-7-6-23(33-24)30-17-4-5-18-16(8-17)13-29-34-18/h2-13,31H,26-27H2,1H3,(H,29,34)(H,32,35)(H,28,30,33)/b21-11+,22-12+. The van der Waals surface area contributed by atoms with E-state index in [1.165, 1.54) is 19.5 Å². The van der Waals surface area contributed by atoms with E-state index < -0.39 is 5.91 Å². The molecule has 11 nitrogen and oxygen atoms in total. The van der Waals surface area contributed by atoms with Gasteiger partial charge in [-0.05, 0) is 36.4 Å². The SMILES string of the molecule is COC(=C/N)/C(=C\N)NC(=O)c1cc2ccc(-c3nccc(Nc4ccc5[nH]ncc5c4)n3)cc2[nH]1. The molecule has 1 amide bonds. The number of nitrogens with one attached hydrogen (secondary N) is 4. The second-order valence-corrected chi connectivity index (χ2v) is 7.82. The van der Waals surface area contributed by atoms with Crippen LogP contribution < -0.4 is 22.1 Å². The number of ether oxygens (including phenoxy) is 1. The number of amides is 1. The van der Waals surface area contributed by atoms with Gasteiger partial charge in [0.1, 0.15) is 17.2 Å². The Bertz CT molecular complexity index is 1630. The first-order valence-corrected chi connectivity index (χ1v) is 10.9. The van der Waals surface area contributed by atoms with E-state index in [1.54, 1.807) is 24.5 Å². The summed E-state index contributed by atoms with van der Waals surface area (Å²) in [5.41, 5.74) is 15.1. The van der Waals surface area contributed by atoms with Crippen LogP contribution >= 0.6 is 0 Å². The lowest BCUT2D eigenvalue weighted by Gasteiger charge is -2.10. The number of anilines is 2. The Morgan fingerprint density at radius 1 is 1.03 bits per heavy atom. The molecule has 5 rings (SSSR count). The maximum Gasteiger partial charge on any atom is 0.272 e. The summed E-state index contributed by atoms with van der Waals surface area (Å²) >= 11 is 0. The molecule has 0 spiro atoms. The van der Waals surface area contributed by atoms with Gasteiger partial charge in [0.05, 0.1) is 18.8 Å². The number of benzene rings is 2. The van der Waals surface area contributed by atoms with Crippen molar-refractivity contribution in [1.29, 1.82) is 0 Å². The molecular formula is C25H23N9O2. The van der Waals surface area contributed by atoms with E-state index in [1.807, 2.05) is 36.4 Å². The minimum absolute atomic E-state index is 0.250. The highest BCUT2D eigenvalue weighted by molar-refractivity contribution is 5.99. The minimum Gasteiger partial charge on any atom is -0.493 e. The summed E-state index contributed by atoms with van der Waals surface area (Å²) < 4.78 is 5.11. The van der Waals surface area contributed by atoms with Crippen molar-refractivity contribution in [3.8, 4) is 11.4 Å². The highest BCUT2D eigenvalue weighted by atomic mass is 16.5. The van der Waals surface area contributed by atoms with Gasteiger partial charge in [-0.25, -0.2) is 9.97 Å². The first kappa shape index (κ1) is 22.5. The molecule has 0 saturated carbocycles. The summed E-state index contributed by atoms with van der Waals surface area (Å²) in [6.07, 6.45) is 5.89. The highest BCUT2D eigenvalue weighted by Crippen LogP contribution is 2.25. The number of carbonyl (C=O) groups is 1. The molecular weight excluding hydrogens is 458 g/mol. The van der Waals surface area contributed by atoms with Crippen LogP contribution in [-0.2, 0) is 4.74 Å². The number of carbonyl (C=O) groups excluding carboxylic acids is 1. The fourth-order valence-corrected chi connectivity index (χ4v) is 3.77. The van der Waals surface area contributed by atoms with Gasteiger partial charge in [0.15, 0.2) is 11.6 Å². The lowest BCUT2D eigenvalue weighted by Crippen LogP contribution is -2.25. The van der Waals surface area contributed by atoms with Crippen LogP contribution in [0.25, 0.3) is 33.2 Å². The maximum absolute atomic E-state index is 12.8. The van der Waals surface area contributed by atoms with Crippen molar-refractivity contribution in [2.45, 2.75) is 0 Å². The van der Waals surface area contributed by atoms with Crippen LogP contribution in [0.1, 0.15) is 10.5 Å². The van der Waals surface area contributed by atoms with Crippen molar-refractivity contribution in [1.82, 2.24) is 30.5 Å². The van der Waals surface area contributed by atoms with Crippen molar-refractivity contribution in [3.63, 3.8) is 0 Å². The second-order valence-electron chi connectivity index (χ2n) is 7.82. The molecule has 5 aromatic rings. The molecule has 0 fully saturated rings. The first-order valence-electron chi connectivity index (χ1n) is 10.9. The third kappa shape index (κ3) is 4.40. The van der Waals surface area contributed by atoms with E-state index in [4.69, 9.17) is 16.2 Å². The molecule has 3 heterocycles. The van der Waals surface area contributed by atoms with Crippen molar-refractivity contribution >= 4 is 39.2 Å². The molecule has 0 atom stereocenters. The average molecular weight is 482 g/mol. The quantitative estimate of drug-likeness (QED) is 0.152. The largest absolute Gasteiger partial charge is 0.493 e. The molecule has 0 aliphatic heterocycles. The zero-order valence-electron chi connectivity index (χ0n) is 19.2. The number of aromatic nitrogens is 5. The van der Waals surface area contributed by atoms with Crippen molar-refractivity contribution in [3.05, 3.63) is 90.5 Å². The lowest BCUT2D eigenvalue weighted by molar-refractivity contribution is 0.0958. The van der Waals surface area contributed by atoms with Gasteiger partial charge in [-0.1, -0.05) is 12.1 Å². The third-order valence-corrected chi connectivity index (χ3v) is 5.55. The first-order chi connectivity index (χ1) is 17.6. The second kappa shape index (κ2) is 9.50. The van der Waals surface area contributed by atoms with Crippen LogP contribution in [0.3, 0.4) is 0 Å². The van der Waals surface area contributed by atoms with Gasteiger partial charge in [-0.3, -0.25) is 9.89 Å². The van der Waals surface area contributed by atoms with Crippen LogP contribution in [0.2, 0.25) is 0 Å². The fourth-order valence-electron chi connectivity index (χ4n) is 3.77. The Hall–Kier alpha value is -5.32. The van der Waals surface area contributed by atoms with Gasteiger partial charge in [-0.15, -0.1) is 0 Å². The number of H-pyrrole nitrogens is 2. The predicted molar refractivity (Wildman–Crippen MR) is 138 cm³/mol. The topological polar surface area (TPSA) is 173 Å². The number of rotatable bonds is 7. The molecule has 36 heavy (non-hydrogen) atoms. The number of hydrogen-bond donors (Lipinski definition) is 6. The molecule has 0 bridgehead atoms. The summed E-state index contributed by atoms with van der Waals surface area (Å²) in [5, 5.41) is 14.8. The summed E-state index contributed by atoms with van der Waals surface area (Å²) in [7, 11) is 1.43. The fraction of sp³-hybridized carbons (Fsp3) is 0.0400. The lowest BCUT2D eigenvalue weighted by atomic mass is 10.1. The average Bonchev–Trinajstić information content (AvgIpc) is 3.55. The molecule has 0 unspecified atom stereocenters. The van der Waals surface area contributed by atoms with Crippen LogP contribution in [0.4, 0.5) is 11.5 Å². The molecule has 0 aliphatic carbocycles. The van der Waals surface area contributed by atoms with Gasteiger partial charge < -0.3 is 31.8 Å². The number of fused-ring (bicyclic) bond motifs is 2. The molecule has 0 aliphatic rings. The Morgan fingerprint density at radius 2 is 1.92 bits per heavy atom. The van der Waals surface area contributed by atoms with E-state index in [2.05, 4.69) is 35.8 Å². The molecule has 3 aromatic heterocycles. The maximum atomic E-state index is 12.8. The van der Waals surface area contributed by atoms with Gasteiger partial charge in [0.2, 0.25) is 0 Å². The normalized spacial score (nSPS) is 12.1. The van der Waals surface area contributed by atoms with Crippen molar-refractivity contribution < 1.29 is 9.53 Å². The summed E-state index contributed by atoms with van der Waals surface area (Å²) in [5.74, 6) is 1.05. The number of nitrogens with zero attached hydrogens (tertiary/aromatic N) is 3. The number of aromatic amines is 2. The van der Waals surface area contributed by atoms with E-state index >= 15 is 0 Å². The van der Waals surface area contributed by atoms with E-state index in [0.29, 0.717) is 17.3 Å². The summed E-state index contributed by atoms with van der Waals surface area (Å²) in [4.78, 5) is 25.0. The van der Waals surface area contributed by atoms with E-state index in [9.17, 15) is 4.79 Å². The van der Waals surface area contributed by atoms with Gasteiger partial charge >= 0.3 is 0 Å². The van der Waals surface area contributed by atoms with E-state index in [0.717, 1.165) is 33.1 Å². The Balaban J connectivity index is 1.38. The van der Waals surface area contributed by atoms with Gasteiger partial charge in [0.25, 0.3) is 5.91 Å². The van der Waals surface area contributed by atoms with Crippen LogP contribution in [0, 0.1) is 0 Å². The number of hydrogen-bond acceptors (Lipinski definition) is 8. The van der Waals surface area contributed by atoms with E-state index in [-0.39, 0.29) is 11.5 Å². The van der Waals surface area contributed by atoms with Crippen LogP contribution in [0.15, 0.2) is 84.8 Å². The van der Waals surface area contributed by atoms with Gasteiger partial charge in [-0.2, -0.15) is 5.10 Å². The number of nitrogens with two attached hydrogens (primary N) is 2. The molecule has 180 valence electrons. The summed E-state index contributed by atoms with van der Waals surface area (Å²) in [6, 6.07) is 15.1. The minimum atomic E-state index is -0.391. The predicted octanol–water partition coefficient (Wildman–Crippen LogP) is 3.22. The Kier molecular flexibility index (Phi) is 5.93. The summed E-state index contributed by atoms with van der Waals surface area (Å²) in [6.45, 7) is 0. The highest BCUT2D eigenvalue weighted by Gasteiger charge is 2.15. The molecule has 0 radical (unpaired) electrons. The van der Waals surface area contributed by atoms with Crippen molar-refractivity contribution in [2.24, 2.45) is 11.5 Å². The van der Waals surface area contributed by atoms with Crippen molar-refractivity contribution in [2.75, 3.05) is 12.4 Å². The molecule has 0 saturated heterocycles. The zero-order chi connectivity index (χ0) is 25.1.